The summed E-state index contributed by atoms with van der Waals surface area (Å²) in [5, 5.41) is 22.2. The fourth-order valence-electron chi connectivity index (χ4n) is 5.86. The summed E-state index contributed by atoms with van der Waals surface area (Å²) in [6.07, 6.45) is 2.67. The predicted octanol–water partition coefficient (Wildman–Crippen LogP) is 0.164. The monoisotopic (exact) mass is 600 g/mol. The summed E-state index contributed by atoms with van der Waals surface area (Å²) >= 11 is 0. The number of hydrogen-bond donors (Lipinski definition) is 4. The zero-order valence-corrected chi connectivity index (χ0v) is 23.9. The Morgan fingerprint density at radius 3 is 1.82 bits per heavy atom. The molecule has 0 spiro atoms. The van der Waals surface area contributed by atoms with Crippen molar-refractivity contribution in [3.05, 3.63) is 69.8 Å². The average molecular weight is 601 g/mol. The molecule has 4 heterocycles. The lowest BCUT2D eigenvalue weighted by atomic mass is 10.0. The molecule has 0 bridgehead atoms. The number of aliphatic hydroxyl groups is 2. The normalized spacial score (nSPS) is 20.7. The second kappa shape index (κ2) is 13.2. The summed E-state index contributed by atoms with van der Waals surface area (Å²) in [4.78, 5) is 74.2. The van der Waals surface area contributed by atoms with Gasteiger partial charge in [0.2, 0.25) is 23.6 Å². The first-order valence-corrected chi connectivity index (χ1v) is 14.4. The van der Waals surface area contributed by atoms with E-state index in [2.05, 4.69) is 22.5 Å². The van der Waals surface area contributed by atoms with E-state index < -0.39 is 23.9 Å². The minimum Gasteiger partial charge on any atom is -0.396 e. The van der Waals surface area contributed by atoms with Crippen LogP contribution in [0.25, 0.3) is 0 Å². The molecule has 4 aliphatic rings. The molecule has 2 aromatic rings. The van der Waals surface area contributed by atoms with Gasteiger partial charge in [-0.15, -0.1) is 0 Å². The van der Waals surface area contributed by atoms with Crippen LogP contribution in [0.4, 0.5) is 0 Å². The van der Waals surface area contributed by atoms with Crippen LogP contribution in [0.15, 0.2) is 36.4 Å². The van der Waals surface area contributed by atoms with Gasteiger partial charge in [0.15, 0.2) is 0 Å². The molecule has 0 saturated carbocycles. The van der Waals surface area contributed by atoms with E-state index in [4.69, 9.17) is 10.2 Å². The fourth-order valence-corrected chi connectivity index (χ4v) is 5.86. The number of piperidine rings is 2. The lowest BCUT2D eigenvalue weighted by Crippen LogP contribution is -2.52. The van der Waals surface area contributed by atoms with Gasteiger partial charge in [-0.25, -0.2) is 0 Å². The van der Waals surface area contributed by atoms with Crippen molar-refractivity contribution in [2.24, 2.45) is 0 Å². The molecule has 0 radical (unpaired) electrons. The SMILES string of the molecule is O=C1CCC(N2Cc3cc(C#CCO)ccc3C2=O)C(=O)N1.O=C1CCC(N2Cc3cc(CCCO)ccc3C2=O)C(=O)N1. The molecule has 0 aromatic heterocycles. The Hall–Kier alpha value is -4.86. The van der Waals surface area contributed by atoms with Crippen LogP contribution in [0, 0.1) is 11.8 Å². The summed E-state index contributed by atoms with van der Waals surface area (Å²) < 4.78 is 0. The second-order valence-electron chi connectivity index (χ2n) is 11.0. The van der Waals surface area contributed by atoms with Crippen LogP contribution in [0.2, 0.25) is 0 Å². The summed E-state index contributed by atoms with van der Waals surface area (Å²) in [5.41, 5.74) is 4.68. The summed E-state index contributed by atoms with van der Waals surface area (Å²) in [5.74, 6) is 3.61. The van der Waals surface area contributed by atoms with Crippen LogP contribution < -0.4 is 10.6 Å². The Labute approximate surface area is 253 Å². The molecule has 228 valence electrons. The highest BCUT2D eigenvalue weighted by Crippen LogP contribution is 2.29. The number of carbonyl (C=O) groups excluding carboxylic acids is 6. The molecule has 6 rings (SSSR count). The lowest BCUT2D eigenvalue weighted by Gasteiger charge is -2.29. The number of hydrogen-bond acceptors (Lipinski definition) is 8. The number of aryl methyl sites for hydroxylation is 1. The van der Waals surface area contributed by atoms with E-state index in [0.717, 1.165) is 23.1 Å². The van der Waals surface area contributed by atoms with Gasteiger partial charge in [-0.3, -0.25) is 39.4 Å². The van der Waals surface area contributed by atoms with E-state index in [-0.39, 0.29) is 49.7 Å². The van der Waals surface area contributed by atoms with Gasteiger partial charge in [0.05, 0.1) is 0 Å². The van der Waals surface area contributed by atoms with Crippen molar-refractivity contribution in [3.63, 3.8) is 0 Å². The molecule has 4 aliphatic heterocycles. The molecule has 2 unspecified atom stereocenters. The van der Waals surface area contributed by atoms with Crippen LogP contribution in [-0.4, -0.2) is 80.8 Å². The maximum atomic E-state index is 12.5. The Balaban J connectivity index is 0.000000175. The van der Waals surface area contributed by atoms with Crippen LogP contribution in [0.3, 0.4) is 0 Å². The van der Waals surface area contributed by atoms with Crippen molar-refractivity contribution in [2.45, 2.75) is 63.7 Å². The summed E-state index contributed by atoms with van der Waals surface area (Å²) in [7, 11) is 0. The van der Waals surface area contributed by atoms with Crippen molar-refractivity contribution < 1.29 is 39.0 Å². The number of carbonyl (C=O) groups is 6. The first-order chi connectivity index (χ1) is 21.2. The van der Waals surface area contributed by atoms with Crippen molar-refractivity contribution in [1.29, 1.82) is 0 Å². The van der Waals surface area contributed by atoms with Crippen molar-refractivity contribution in [2.75, 3.05) is 13.2 Å². The molecule has 2 saturated heterocycles. The zero-order valence-electron chi connectivity index (χ0n) is 23.9. The number of aliphatic hydroxyl groups excluding tert-OH is 2. The van der Waals surface area contributed by atoms with Crippen LogP contribution >= 0.6 is 0 Å². The van der Waals surface area contributed by atoms with E-state index in [9.17, 15) is 28.8 Å². The van der Waals surface area contributed by atoms with E-state index in [1.54, 1.807) is 29.2 Å². The molecule has 2 atom stereocenters. The van der Waals surface area contributed by atoms with Gasteiger partial charge in [-0.2, -0.15) is 0 Å². The van der Waals surface area contributed by atoms with Gasteiger partial charge < -0.3 is 20.0 Å². The minimum atomic E-state index is -0.607. The smallest absolute Gasteiger partial charge is 0.255 e. The van der Waals surface area contributed by atoms with Gasteiger partial charge in [-0.05, 0) is 66.6 Å². The molecule has 2 aromatic carbocycles. The summed E-state index contributed by atoms with van der Waals surface area (Å²) in [6.45, 7) is 0.638. The fraction of sp³-hybridized carbons (Fsp3) is 0.375. The van der Waals surface area contributed by atoms with Crippen molar-refractivity contribution in [1.82, 2.24) is 20.4 Å². The first-order valence-electron chi connectivity index (χ1n) is 14.4. The number of amides is 6. The molecular weight excluding hydrogens is 568 g/mol. The van der Waals surface area contributed by atoms with Crippen LogP contribution in [-0.2, 0) is 38.7 Å². The van der Waals surface area contributed by atoms with E-state index >= 15 is 0 Å². The van der Waals surface area contributed by atoms with Gasteiger partial charge in [0, 0.05) is 49.2 Å². The third kappa shape index (κ3) is 6.39. The Bertz CT molecular complexity index is 1610. The number of nitrogens with zero attached hydrogens (tertiary/aromatic N) is 2. The van der Waals surface area contributed by atoms with Gasteiger partial charge in [-0.1, -0.05) is 24.0 Å². The molecule has 44 heavy (non-hydrogen) atoms. The largest absolute Gasteiger partial charge is 0.396 e. The number of benzene rings is 2. The highest BCUT2D eigenvalue weighted by atomic mass is 16.3. The number of nitrogens with one attached hydrogen (secondary N) is 2. The van der Waals surface area contributed by atoms with Crippen LogP contribution in [0.1, 0.15) is 75.1 Å². The topological polar surface area (TPSA) is 173 Å². The van der Waals surface area contributed by atoms with Crippen molar-refractivity contribution in [3.8, 4) is 11.8 Å². The Morgan fingerprint density at radius 2 is 1.30 bits per heavy atom. The standard InChI is InChI=1S/C16H18N2O4.C16H14N2O4/c2*19-7-1-2-10-3-4-12-11(8-10)9-18(16(12)22)13-5-6-14(20)17-15(13)21/h3-4,8,13,19H,1-2,5-7,9H2,(H,17,20,21);3-4,8,13,19H,5-7,9H2,(H,17,20,21). The number of rotatable bonds is 5. The lowest BCUT2D eigenvalue weighted by molar-refractivity contribution is -0.138. The first kappa shape index (κ1) is 30.6. The Kier molecular flexibility index (Phi) is 9.18. The van der Waals surface area contributed by atoms with Gasteiger partial charge in [0.1, 0.15) is 18.7 Å². The van der Waals surface area contributed by atoms with Gasteiger partial charge >= 0.3 is 0 Å². The minimum absolute atomic E-state index is 0.137. The zero-order chi connectivity index (χ0) is 31.4. The maximum Gasteiger partial charge on any atom is 0.255 e. The molecule has 12 heteroatoms. The van der Waals surface area contributed by atoms with E-state index in [1.807, 2.05) is 12.1 Å². The quantitative estimate of drug-likeness (QED) is 0.278. The number of fused-ring (bicyclic) bond motifs is 2. The molecule has 6 amide bonds. The molecule has 4 N–H and O–H groups in total. The molecule has 0 aliphatic carbocycles. The third-order valence-corrected chi connectivity index (χ3v) is 8.05. The molecule has 2 fully saturated rings. The molecular formula is C32H32N4O8. The van der Waals surface area contributed by atoms with E-state index in [1.165, 1.54) is 4.90 Å². The highest BCUT2D eigenvalue weighted by Gasteiger charge is 2.40. The van der Waals surface area contributed by atoms with Gasteiger partial charge in [0.25, 0.3) is 11.8 Å². The summed E-state index contributed by atoms with van der Waals surface area (Å²) in [6, 6.07) is 9.66. The predicted molar refractivity (Wildman–Crippen MR) is 154 cm³/mol. The number of imide groups is 2. The second-order valence-corrected chi connectivity index (χ2v) is 11.0. The maximum absolute atomic E-state index is 12.5. The van der Waals surface area contributed by atoms with Crippen LogP contribution in [0.5, 0.6) is 0 Å². The Morgan fingerprint density at radius 1 is 0.750 bits per heavy atom. The van der Waals surface area contributed by atoms with E-state index in [0.29, 0.717) is 49.0 Å². The molecule has 12 nitrogen and oxygen atoms in total. The third-order valence-electron chi connectivity index (χ3n) is 8.05. The van der Waals surface area contributed by atoms with Crippen molar-refractivity contribution >= 4 is 35.4 Å². The average Bonchev–Trinajstić information content (AvgIpc) is 3.50. The highest BCUT2D eigenvalue weighted by molar-refractivity contribution is 6.06.